The van der Waals surface area contributed by atoms with Crippen molar-refractivity contribution in [2.24, 2.45) is 5.41 Å². The molecule has 19 heavy (non-hydrogen) atoms. The molecule has 1 aromatic rings. The van der Waals surface area contributed by atoms with Crippen molar-refractivity contribution in [1.82, 2.24) is 9.88 Å². The molecule has 2 saturated carbocycles. The summed E-state index contributed by atoms with van der Waals surface area (Å²) >= 11 is 3.47. The SMILES string of the molecule is CCCC1(CNC(=O)c2cc(Br)cn2C2CC2)CC1. The summed E-state index contributed by atoms with van der Waals surface area (Å²) in [7, 11) is 0. The monoisotopic (exact) mass is 324 g/mol. The highest BCUT2D eigenvalue weighted by atomic mass is 79.9. The molecule has 0 aromatic carbocycles. The Morgan fingerprint density at radius 2 is 2.26 bits per heavy atom. The third-order valence-corrected chi connectivity index (χ3v) is 4.78. The number of hydrogen-bond donors (Lipinski definition) is 1. The lowest BCUT2D eigenvalue weighted by atomic mass is 10.0. The fraction of sp³-hybridized carbons (Fsp3) is 0.667. The average molecular weight is 325 g/mol. The van der Waals surface area contributed by atoms with Crippen LogP contribution in [0.1, 0.15) is 62.0 Å². The van der Waals surface area contributed by atoms with Gasteiger partial charge in [-0.15, -0.1) is 0 Å². The molecule has 0 spiro atoms. The summed E-state index contributed by atoms with van der Waals surface area (Å²) in [6.45, 7) is 3.06. The van der Waals surface area contributed by atoms with Gasteiger partial charge in [0.05, 0.1) is 0 Å². The van der Waals surface area contributed by atoms with Crippen LogP contribution >= 0.6 is 15.9 Å². The van der Waals surface area contributed by atoms with Gasteiger partial charge in [0, 0.05) is 23.3 Å². The Kier molecular flexibility index (Phi) is 3.46. The standard InChI is InChI=1S/C15H21BrN2O/c1-2-5-15(6-7-15)10-17-14(19)13-8-11(16)9-18(13)12-3-4-12/h8-9,12H,2-7,10H2,1H3,(H,17,19). The van der Waals surface area contributed by atoms with Crippen molar-refractivity contribution < 1.29 is 4.79 Å². The van der Waals surface area contributed by atoms with Crippen molar-refractivity contribution in [2.75, 3.05) is 6.54 Å². The van der Waals surface area contributed by atoms with Crippen LogP contribution < -0.4 is 5.32 Å². The molecule has 0 bridgehead atoms. The van der Waals surface area contributed by atoms with E-state index in [1.54, 1.807) is 0 Å². The first-order chi connectivity index (χ1) is 9.13. The average Bonchev–Trinajstić information content (AvgIpc) is 3.28. The van der Waals surface area contributed by atoms with Crippen LogP contribution in [0.25, 0.3) is 0 Å². The maximum atomic E-state index is 12.3. The van der Waals surface area contributed by atoms with Gasteiger partial charge in [-0.2, -0.15) is 0 Å². The second-order valence-electron chi connectivity index (χ2n) is 6.11. The highest BCUT2D eigenvalue weighted by Crippen LogP contribution is 2.49. The minimum absolute atomic E-state index is 0.0833. The van der Waals surface area contributed by atoms with Gasteiger partial charge in [-0.3, -0.25) is 4.79 Å². The molecule has 2 aliphatic carbocycles. The van der Waals surface area contributed by atoms with Crippen LogP contribution in [0.4, 0.5) is 0 Å². The summed E-state index contributed by atoms with van der Waals surface area (Å²) in [5.41, 5.74) is 1.22. The molecule has 1 heterocycles. The summed E-state index contributed by atoms with van der Waals surface area (Å²) < 4.78 is 3.12. The lowest BCUT2D eigenvalue weighted by Gasteiger charge is -2.15. The number of amides is 1. The predicted molar refractivity (Wildman–Crippen MR) is 79.3 cm³/mol. The smallest absolute Gasteiger partial charge is 0.267 e. The van der Waals surface area contributed by atoms with E-state index in [4.69, 9.17) is 0 Å². The molecule has 4 heteroatoms. The van der Waals surface area contributed by atoms with Crippen molar-refractivity contribution in [3.05, 3.63) is 22.4 Å². The first kappa shape index (κ1) is 13.2. The van der Waals surface area contributed by atoms with E-state index in [1.165, 1.54) is 38.5 Å². The molecule has 0 radical (unpaired) electrons. The van der Waals surface area contributed by atoms with Gasteiger partial charge in [0.25, 0.3) is 5.91 Å². The van der Waals surface area contributed by atoms with Crippen molar-refractivity contribution in [3.63, 3.8) is 0 Å². The molecular weight excluding hydrogens is 304 g/mol. The van der Waals surface area contributed by atoms with Gasteiger partial charge < -0.3 is 9.88 Å². The van der Waals surface area contributed by atoms with Gasteiger partial charge in [0.2, 0.25) is 0 Å². The summed E-state index contributed by atoms with van der Waals surface area (Å²) in [6, 6.07) is 2.48. The van der Waals surface area contributed by atoms with Crippen LogP contribution in [0, 0.1) is 5.41 Å². The van der Waals surface area contributed by atoms with Crippen molar-refractivity contribution in [2.45, 2.75) is 51.5 Å². The Hall–Kier alpha value is -0.770. The highest BCUT2D eigenvalue weighted by Gasteiger charge is 2.41. The van der Waals surface area contributed by atoms with Gasteiger partial charge in [0.1, 0.15) is 5.69 Å². The number of halogens is 1. The number of nitrogens with one attached hydrogen (secondary N) is 1. The zero-order valence-electron chi connectivity index (χ0n) is 11.4. The third kappa shape index (κ3) is 2.88. The van der Waals surface area contributed by atoms with E-state index < -0.39 is 0 Å². The van der Waals surface area contributed by atoms with Crippen LogP contribution in [0.15, 0.2) is 16.7 Å². The highest BCUT2D eigenvalue weighted by molar-refractivity contribution is 9.10. The zero-order chi connectivity index (χ0) is 13.5. The number of hydrogen-bond acceptors (Lipinski definition) is 1. The molecule has 2 aliphatic rings. The Morgan fingerprint density at radius 1 is 1.53 bits per heavy atom. The van der Waals surface area contributed by atoms with E-state index in [-0.39, 0.29) is 5.91 Å². The largest absolute Gasteiger partial charge is 0.350 e. The van der Waals surface area contributed by atoms with Crippen molar-refractivity contribution in [1.29, 1.82) is 0 Å². The third-order valence-electron chi connectivity index (χ3n) is 4.35. The minimum atomic E-state index is 0.0833. The molecule has 3 rings (SSSR count). The molecule has 0 saturated heterocycles. The van der Waals surface area contributed by atoms with Crippen LogP contribution in [0.2, 0.25) is 0 Å². The number of carbonyl (C=O) groups is 1. The molecule has 0 atom stereocenters. The fourth-order valence-corrected chi connectivity index (χ4v) is 3.30. The summed E-state index contributed by atoms with van der Waals surface area (Å²) in [5, 5.41) is 3.14. The van der Waals surface area contributed by atoms with E-state index in [0.29, 0.717) is 11.5 Å². The first-order valence-electron chi connectivity index (χ1n) is 7.29. The van der Waals surface area contributed by atoms with Gasteiger partial charge in [0.15, 0.2) is 0 Å². The summed E-state index contributed by atoms with van der Waals surface area (Å²) in [4.78, 5) is 12.3. The van der Waals surface area contributed by atoms with Crippen molar-refractivity contribution in [3.8, 4) is 0 Å². The Labute approximate surface area is 122 Å². The molecule has 1 aromatic heterocycles. The second-order valence-corrected chi connectivity index (χ2v) is 7.03. The molecule has 104 valence electrons. The number of rotatable bonds is 6. The van der Waals surface area contributed by atoms with E-state index in [0.717, 1.165) is 16.7 Å². The Bertz CT molecular complexity index is 486. The molecule has 1 N–H and O–H groups in total. The predicted octanol–water partition coefficient (Wildman–Crippen LogP) is 3.90. The van der Waals surface area contributed by atoms with Crippen LogP contribution in [0.5, 0.6) is 0 Å². The lowest BCUT2D eigenvalue weighted by molar-refractivity contribution is 0.0934. The first-order valence-corrected chi connectivity index (χ1v) is 8.08. The van der Waals surface area contributed by atoms with Gasteiger partial charge in [-0.25, -0.2) is 0 Å². The number of carbonyl (C=O) groups excluding carboxylic acids is 1. The van der Waals surface area contributed by atoms with Crippen LogP contribution in [-0.4, -0.2) is 17.0 Å². The molecule has 0 aliphatic heterocycles. The van der Waals surface area contributed by atoms with E-state index >= 15 is 0 Å². The topological polar surface area (TPSA) is 34.0 Å². The van der Waals surface area contributed by atoms with Crippen LogP contribution in [-0.2, 0) is 0 Å². The fourth-order valence-electron chi connectivity index (χ4n) is 2.86. The number of nitrogens with zero attached hydrogens (tertiary/aromatic N) is 1. The maximum absolute atomic E-state index is 12.3. The maximum Gasteiger partial charge on any atom is 0.267 e. The van der Waals surface area contributed by atoms with E-state index in [2.05, 4.69) is 32.7 Å². The van der Waals surface area contributed by atoms with Crippen LogP contribution in [0.3, 0.4) is 0 Å². The molecule has 0 unspecified atom stereocenters. The van der Waals surface area contributed by atoms with Gasteiger partial charge in [-0.1, -0.05) is 13.3 Å². The summed E-state index contributed by atoms with van der Waals surface area (Å²) in [5.74, 6) is 0.0833. The van der Waals surface area contributed by atoms with E-state index in [9.17, 15) is 4.79 Å². The molecule has 3 nitrogen and oxygen atoms in total. The summed E-state index contributed by atoms with van der Waals surface area (Å²) in [6.07, 6.45) is 9.41. The van der Waals surface area contributed by atoms with Crippen molar-refractivity contribution >= 4 is 21.8 Å². The Morgan fingerprint density at radius 3 is 2.84 bits per heavy atom. The minimum Gasteiger partial charge on any atom is -0.350 e. The second kappa shape index (κ2) is 4.97. The normalized spacial score (nSPS) is 20.3. The van der Waals surface area contributed by atoms with Gasteiger partial charge in [-0.05, 0) is 59.5 Å². The molecule has 2 fully saturated rings. The van der Waals surface area contributed by atoms with Gasteiger partial charge >= 0.3 is 0 Å². The molecule has 1 amide bonds. The van der Waals surface area contributed by atoms with E-state index in [1.807, 2.05) is 12.3 Å². The quantitative estimate of drug-likeness (QED) is 0.846. The lowest BCUT2D eigenvalue weighted by Crippen LogP contribution is -2.31. The molecular formula is C15H21BrN2O. The number of aromatic nitrogens is 1. The zero-order valence-corrected chi connectivity index (χ0v) is 13.0. The Balaban J connectivity index is 1.64.